The lowest BCUT2D eigenvalue weighted by atomic mass is 10.1. The number of nitrogens with zero attached hydrogens (tertiary/aromatic N) is 2. The Morgan fingerprint density at radius 3 is 2.12 bits per heavy atom. The first-order chi connectivity index (χ1) is 19.0. The standard InChI is InChI=1S/C32H41N3O4S/c1-7-26(6)33-32(37)29(8-2)34(21-27-15-13-12-14-24(27)4)31(36)22-35(30-20-23(3)18-19-25(30)5)40(38,39)28-16-10-9-11-17-28/h9-20,26,29H,7-8,21-22H2,1-6H3,(H,33,37)/t26-,29-/m1/s1. The second-order valence-electron chi connectivity index (χ2n) is 10.3. The van der Waals surface area contributed by atoms with Crippen LogP contribution in [0.5, 0.6) is 0 Å². The highest BCUT2D eigenvalue weighted by Crippen LogP contribution is 2.28. The second kappa shape index (κ2) is 13.6. The van der Waals surface area contributed by atoms with E-state index in [0.29, 0.717) is 12.1 Å². The molecule has 0 spiro atoms. The highest BCUT2D eigenvalue weighted by molar-refractivity contribution is 7.92. The van der Waals surface area contributed by atoms with Gasteiger partial charge in [0.1, 0.15) is 12.6 Å². The lowest BCUT2D eigenvalue weighted by Gasteiger charge is -2.34. The number of carbonyl (C=O) groups excluding carboxylic acids is 2. The van der Waals surface area contributed by atoms with Gasteiger partial charge in [-0.25, -0.2) is 8.42 Å². The van der Waals surface area contributed by atoms with Gasteiger partial charge in [0.2, 0.25) is 11.8 Å². The number of nitrogens with one attached hydrogen (secondary N) is 1. The summed E-state index contributed by atoms with van der Waals surface area (Å²) < 4.78 is 29.2. The Morgan fingerprint density at radius 1 is 0.850 bits per heavy atom. The molecule has 0 aliphatic heterocycles. The number of amides is 2. The summed E-state index contributed by atoms with van der Waals surface area (Å²) >= 11 is 0. The molecule has 3 rings (SSSR count). The minimum absolute atomic E-state index is 0.0538. The zero-order chi connectivity index (χ0) is 29.4. The maximum Gasteiger partial charge on any atom is 0.264 e. The quantitative estimate of drug-likeness (QED) is 0.314. The van der Waals surface area contributed by atoms with E-state index in [1.165, 1.54) is 21.3 Å². The Balaban J connectivity index is 2.10. The molecular weight excluding hydrogens is 522 g/mol. The van der Waals surface area contributed by atoms with Crippen molar-refractivity contribution in [2.45, 2.75) is 77.9 Å². The van der Waals surface area contributed by atoms with Crippen LogP contribution < -0.4 is 9.62 Å². The van der Waals surface area contributed by atoms with Crippen molar-refractivity contribution in [1.82, 2.24) is 10.2 Å². The zero-order valence-electron chi connectivity index (χ0n) is 24.3. The highest BCUT2D eigenvalue weighted by Gasteiger charge is 2.34. The van der Waals surface area contributed by atoms with Gasteiger partial charge < -0.3 is 10.2 Å². The first-order valence-corrected chi connectivity index (χ1v) is 15.2. The SMILES string of the molecule is CC[C@@H](C)NC(=O)[C@@H](CC)N(Cc1ccccc1C)C(=O)CN(c1cc(C)ccc1C)S(=O)(=O)c1ccccc1. The summed E-state index contributed by atoms with van der Waals surface area (Å²) in [5, 5.41) is 3.01. The van der Waals surface area contributed by atoms with Gasteiger partial charge in [0.25, 0.3) is 10.0 Å². The van der Waals surface area contributed by atoms with Crippen LogP contribution in [0.1, 0.15) is 55.9 Å². The number of hydrogen-bond donors (Lipinski definition) is 1. The number of benzene rings is 3. The molecule has 3 aromatic carbocycles. The first kappa shape index (κ1) is 30.9. The Kier molecular flexibility index (Phi) is 10.5. The summed E-state index contributed by atoms with van der Waals surface area (Å²) in [7, 11) is -4.09. The van der Waals surface area contributed by atoms with E-state index in [1.807, 2.05) is 77.9 Å². The third-order valence-electron chi connectivity index (χ3n) is 7.23. The molecule has 0 aliphatic rings. The fraction of sp³-hybridized carbons (Fsp3) is 0.375. The fourth-order valence-electron chi connectivity index (χ4n) is 4.55. The number of sulfonamides is 1. The summed E-state index contributed by atoms with van der Waals surface area (Å²) in [5.41, 5.74) is 3.92. The van der Waals surface area contributed by atoms with Gasteiger partial charge in [-0.3, -0.25) is 13.9 Å². The van der Waals surface area contributed by atoms with Crippen LogP contribution in [0, 0.1) is 20.8 Å². The van der Waals surface area contributed by atoms with Gasteiger partial charge in [0.05, 0.1) is 10.6 Å². The number of aryl methyl sites for hydroxylation is 3. The molecule has 40 heavy (non-hydrogen) atoms. The molecule has 0 saturated heterocycles. The molecule has 3 aromatic rings. The molecule has 0 heterocycles. The van der Waals surface area contributed by atoms with Crippen molar-refractivity contribution in [3.05, 3.63) is 95.1 Å². The zero-order valence-corrected chi connectivity index (χ0v) is 25.2. The van der Waals surface area contributed by atoms with E-state index >= 15 is 0 Å². The van der Waals surface area contributed by atoms with Crippen LogP contribution in [0.25, 0.3) is 0 Å². The van der Waals surface area contributed by atoms with Crippen molar-refractivity contribution < 1.29 is 18.0 Å². The molecule has 0 aromatic heterocycles. The van der Waals surface area contributed by atoms with Crippen LogP contribution in [0.4, 0.5) is 5.69 Å². The Morgan fingerprint density at radius 2 is 1.50 bits per heavy atom. The highest BCUT2D eigenvalue weighted by atomic mass is 32.2. The molecule has 0 fully saturated rings. The monoisotopic (exact) mass is 563 g/mol. The third-order valence-corrected chi connectivity index (χ3v) is 9.01. The fourth-order valence-corrected chi connectivity index (χ4v) is 6.04. The van der Waals surface area contributed by atoms with Crippen LogP contribution in [-0.2, 0) is 26.2 Å². The minimum atomic E-state index is -4.09. The molecular formula is C32H41N3O4S. The van der Waals surface area contributed by atoms with Crippen LogP contribution in [-0.4, -0.2) is 43.8 Å². The molecule has 7 nitrogen and oxygen atoms in total. The number of anilines is 1. The maximum absolute atomic E-state index is 14.2. The van der Waals surface area contributed by atoms with Gasteiger partial charge >= 0.3 is 0 Å². The molecule has 2 amide bonds. The molecule has 0 bridgehead atoms. The van der Waals surface area contributed by atoms with E-state index in [-0.39, 0.29) is 23.4 Å². The van der Waals surface area contributed by atoms with Crippen LogP contribution in [0.15, 0.2) is 77.7 Å². The molecule has 0 radical (unpaired) electrons. The smallest absolute Gasteiger partial charge is 0.264 e. The summed E-state index contributed by atoms with van der Waals surface area (Å²) in [5.74, 6) is -0.696. The maximum atomic E-state index is 14.2. The van der Waals surface area contributed by atoms with Crippen LogP contribution >= 0.6 is 0 Å². The van der Waals surface area contributed by atoms with Gasteiger partial charge in [-0.15, -0.1) is 0 Å². The van der Waals surface area contributed by atoms with E-state index in [4.69, 9.17) is 0 Å². The second-order valence-corrected chi connectivity index (χ2v) is 12.2. The van der Waals surface area contributed by atoms with E-state index < -0.39 is 28.5 Å². The van der Waals surface area contributed by atoms with Crippen molar-refractivity contribution in [3.63, 3.8) is 0 Å². The average Bonchev–Trinajstić information content (AvgIpc) is 2.94. The Hall–Kier alpha value is -3.65. The molecule has 2 atom stereocenters. The van der Waals surface area contributed by atoms with Gasteiger partial charge in [-0.2, -0.15) is 0 Å². The van der Waals surface area contributed by atoms with Crippen molar-refractivity contribution in [3.8, 4) is 0 Å². The Bertz CT molecular complexity index is 1420. The van der Waals surface area contributed by atoms with Gasteiger partial charge in [-0.1, -0.05) is 68.4 Å². The van der Waals surface area contributed by atoms with E-state index in [2.05, 4.69) is 5.32 Å². The third kappa shape index (κ3) is 7.30. The predicted molar refractivity (Wildman–Crippen MR) is 161 cm³/mol. The van der Waals surface area contributed by atoms with Crippen molar-refractivity contribution in [2.75, 3.05) is 10.8 Å². The lowest BCUT2D eigenvalue weighted by Crippen LogP contribution is -2.53. The summed E-state index contributed by atoms with van der Waals surface area (Å²) in [4.78, 5) is 29.2. The molecule has 0 saturated carbocycles. The van der Waals surface area contributed by atoms with E-state index in [1.54, 1.807) is 24.3 Å². The molecule has 0 unspecified atom stereocenters. The van der Waals surface area contributed by atoms with Crippen LogP contribution in [0.2, 0.25) is 0 Å². The average molecular weight is 564 g/mol. The molecule has 0 aliphatic carbocycles. The number of hydrogen-bond acceptors (Lipinski definition) is 4. The van der Waals surface area contributed by atoms with Crippen molar-refractivity contribution in [1.29, 1.82) is 0 Å². The number of rotatable bonds is 12. The normalized spacial score (nSPS) is 12.8. The molecule has 8 heteroatoms. The first-order valence-electron chi connectivity index (χ1n) is 13.8. The lowest BCUT2D eigenvalue weighted by molar-refractivity contribution is -0.140. The summed E-state index contributed by atoms with van der Waals surface area (Å²) in [6, 6.07) is 20.5. The summed E-state index contributed by atoms with van der Waals surface area (Å²) in [6.07, 6.45) is 1.14. The molecule has 1 N–H and O–H groups in total. The van der Waals surface area contributed by atoms with E-state index in [0.717, 1.165) is 28.7 Å². The summed E-state index contributed by atoms with van der Waals surface area (Å²) in [6.45, 7) is 11.2. The van der Waals surface area contributed by atoms with Crippen molar-refractivity contribution in [2.24, 2.45) is 0 Å². The topological polar surface area (TPSA) is 86.8 Å². The van der Waals surface area contributed by atoms with E-state index in [9.17, 15) is 18.0 Å². The predicted octanol–water partition coefficient (Wildman–Crippen LogP) is 5.53. The van der Waals surface area contributed by atoms with Crippen LogP contribution in [0.3, 0.4) is 0 Å². The largest absolute Gasteiger partial charge is 0.352 e. The number of carbonyl (C=O) groups is 2. The van der Waals surface area contributed by atoms with Gasteiger partial charge in [-0.05, 0) is 81.0 Å². The molecule has 214 valence electrons. The van der Waals surface area contributed by atoms with Gasteiger partial charge in [0.15, 0.2) is 0 Å². The minimum Gasteiger partial charge on any atom is -0.352 e. The van der Waals surface area contributed by atoms with Crippen molar-refractivity contribution >= 4 is 27.5 Å². The Labute approximate surface area is 239 Å². The van der Waals surface area contributed by atoms with Gasteiger partial charge in [0, 0.05) is 12.6 Å².